The zero-order valence-corrected chi connectivity index (χ0v) is 13.8. The van der Waals surface area contributed by atoms with E-state index >= 15 is 0 Å². The predicted molar refractivity (Wildman–Crippen MR) is 90.2 cm³/mol. The number of aliphatic carboxylic acids is 1. The normalized spacial score (nSPS) is 15.0. The first kappa shape index (κ1) is 18.3. The van der Waals surface area contributed by atoms with Crippen LogP contribution in [0.25, 0.3) is 0 Å². The van der Waals surface area contributed by atoms with Gasteiger partial charge in [0.2, 0.25) is 5.91 Å². The summed E-state index contributed by atoms with van der Waals surface area (Å²) < 4.78 is 10.8. The molecule has 24 heavy (non-hydrogen) atoms. The zero-order chi connectivity index (χ0) is 17.2. The molecule has 1 aliphatic rings. The van der Waals surface area contributed by atoms with Crippen LogP contribution < -0.4 is 10.1 Å². The smallest absolute Gasteiger partial charge is 0.303 e. The van der Waals surface area contributed by atoms with E-state index in [1.165, 1.54) is 0 Å². The van der Waals surface area contributed by atoms with Gasteiger partial charge in [-0.25, -0.2) is 0 Å². The van der Waals surface area contributed by atoms with Crippen LogP contribution in [0.5, 0.6) is 5.75 Å². The van der Waals surface area contributed by atoms with E-state index in [0.29, 0.717) is 31.1 Å². The molecule has 1 heterocycles. The molecule has 0 saturated carbocycles. The molecule has 6 heteroatoms. The van der Waals surface area contributed by atoms with E-state index < -0.39 is 5.97 Å². The van der Waals surface area contributed by atoms with Crippen LogP contribution in [0, 0.1) is 5.92 Å². The molecule has 6 nitrogen and oxygen atoms in total. The van der Waals surface area contributed by atoms with E-state index in [1.54, 1.807) is 24.3 Å². The Morgan fingerprint density at radius 1 is 1.17 bits per heavy atom. The second kappa shape index (κ2) is 9.93. The molecule has 0 radical (unpaired) electrons. The third-order valence-electron chi connectivity index (χ3n) is 4.06. The Balaban J connectivity index is 1.66. The summed E-state index contributed by atoms with van der Waals surface area (Å²) in [6.07, 6.45) is 4.09. The molecule has 1 fully saturated rings. The van der Waals surface area contributed by atoms with Crippen LogP contribution in [-0.2, 0) is 14.3 Å². The van der Waals surface area contributed by atoms with Crippen molar-refractivity contribution in [2.45, 2.75) is 38.5 Å². The molecule has 132 valence electrons. The van der Waals surface area contributed by atoms with Gasteiger partial charge in [0.25, 0.3) is 0 Å². The Morgan fingerprint density at radius 3 is 2.54 bits per heavy atom. The van der Waals surface area contributed by atoms with Gasteiger partial charge in [-0.2, -0.15) is 0 Å². The highest BCUT2D eigenvalue weighted by Crippen LogP contribution is 2.21. The van der Waals surface area contributed by atoms with Crippen molar-refractivity contribution >= 4 is 17.6 Å². The Morgan fingerprint density at radius 2 is 1.88 bits per heavy atom. The lowest BCUT2D eigenvalue weighted by atomic mass is 9.95. The van der Waals surface area contributed by atoms with Gasteiger partial charge in [0.1, 0.15) is 5.75 Å². The quantitative estimate of drug-likeness (QED) is 0.678. The van der Waals surface area contributed by atoms with Crippen LogP contribution in [0.1, 0.15) is 38.5 Å². The van der Waals surface area contributed by atoms with Crippen molar-refractivity contribution in [1.82, 2.24) is 0 Å². The second-order valence-corrected chi connectivity index (χ2v) is 6.01. The molecular weight excluding hydrogens is 310 g/mol. The van der Waals surface area contributed by atoms with Crippen molar-refractivity contribution in [3.63, 3.8) is 0 Å². The number of hydrogen-bond acceptors (Lipinski definition) is 4. The molecule has 0 atom stereocenters. The summed E-state index contributed by atoms with van der Waals surface area (Å²) in [7, 11) is 0. The van der Waals surface area contributed by atoms with E-state index in [0.717, 1.165) is 38.2 Å². The van der Waals surface area contributed by atoms with Crippen LogP contribution >= 0.6 is 0 Å². The summed E-state index contributed by atoms with van der Waals surface area (Å²) in [6, 6.07) is 7.13. The number of carboxylic acid groups (broad SMARTS) is 1. The highest BCUT2D eigenvalue weighted by molar-refractivity contribution is 5.90. The van der Waals surface area contributed by atoms with Gasteiger partial charge in [0.15, 0.2) is 0 Å². The molecule has 2 N–H and O–H groups in total. The van der Waals surface area contributed by atoms with Gasteiger partial charge in [0.05, 0.1) is 6.61 Å². The number of carbonyl (C=O) groups excluding carboxylic acids is 1. The Hall–Kier alpha value is -2.08. The number of hydrogen-bond donors (Lipinski definition) is 2. The number of rotatable bonds is 9. The van der Waals surface area contributed by atoms with Gasteiger partial charge in [-0.15, -0.1) is 0 Å². The number of anilines is 1. The number of benzene rings is 1. The molecule has 0 aliphatic carbocycles. The third-order valence-corrected chi connectivity index (χ3v) is 4.06. The van der Waals surface area contributed by atoms with Crippen LogP contribution in [-0.4, -0.2) is 36.8 Å². The summed E-state index contributed by atoms with van der Waals surface area (Å²) in [4.78, 5) is 22.4. The third kappa shape index (κ3) is 7.00. The van der Waals surface area contributed by atoms with Crippen molar-refractivity contribution in [2.75, 3.05) is 25.1 Å². The molecule has 1 amide bonds. The number of carboxylic acids is 1. The summed E-state index contributed by atoms with van der Waals surface area (Å²) in [5.41, 5.74) is 0.741. The molecule has 0 bridgehead atoms. The van der Waals surface area contributed by atoms with Gasteiger partial charge in [-0.05, 0) is 55.9 Å². The maximum absolute atomic E-state index is 12.0. The zero-order valence-electron chi connectivity index (χ0n) is 13.8. The Kier molecular flexibility index (Phi) is 7.55. The van der Waals surface area contributed by atoms with Crippen LogP contribution in [0.4, 0.5) is 5.69 Å². The van der Waals surface area contributed by atoms with Crippen molar-refractivity contribution < 1.29 is 24.2 Å². The molecular formula is C18H25NO5. The first-order chi connectivity index (χ1) is 11.6. The molecule has 2 rings (SSSR count). The average molecular weight is 335 g/mol. The van der Waals surface area contributed by atoms with Crippen molar-refractivity contribution in [3.8, 4) is 5.75 Å². The highest BCUT2D eigenvalue weighted by Gasteiger charge is 2.15. The van der Waals surface area contributed by atoms with E-state index in [1.807, 2.05) is 0 Å². The minimum Gasteiger partial charge on any atom is -0.494 e. The van der Waals surface area contributed by atoms with Crippen molar-refractivity contribution in [2.24, 2.45) is 5.92 Å². The number of nitrogens with one attached hydrogen (secondary N) is 1. The van der Waals surface area contributed by atoms with Gasteiger partial charge in [-0.3, -0.25) is 9.59 Å². The van der Waals surface area contributed by atoms with Gasteiger partial charge in [-0.1, -0.05) is 0 Å². The number of amides is 1. The molecule has 0 unspecified atom stereocenters. The molecule has 0 spiro atoms. The number of carbonyl (C=O) groups is 2. The van der Waals surface area contributed by atoms with Crippen LogP contribution in [0.2, 0.25) is 0 Å². The Labute approximate surface area is 142 Å². The van der Waals surface area contributed by atoms with Crippen LogP contribution in [0.15, 0.2) is 24.3 Å². The molecule has 1 aliphatic heterocycles. The summed E-state index contributed by atoms with van der Waals surface area (Å²) in [5.74, 6) is 0.459. The topological polar surface area (TPSA) is 84.9 Å². The van der Waals surface area contributed by atoms with Gasteiger partial charge < -0.3 is 19.9 Å². The molecule has 1 aromatic rings. The maximum Gasteiger partial charge on any atom is 0.303 e. The van der Waals surface area contributed by atoms with E-state index in [4.69, 9.17) is 14.6 Å². The van der Waals surface area contributed by atoms with Crippen molar-refractivity contribution in [3.05, 3.63) is 24.3 Å². The minimum absolute atomic E-state index is 0.0246. The lowest BCUT2D eigenvalue weighted by Gasteiger charge is -2.21. The van der Waals surface area contributed by atoms with E-state index in [2.05, 4.69) is 5.32 Å². The summed E-state index contributed by atoms with van der Waals surface area (Å²) in [5, 5.41) is 11.4. The first-order valence-electron chi connectivity index (χ1n) is 8.46. The second-order valence-electron chi connectivity index (χ2n) is 6.01. The summed E-state index contributed by atoms with van der Waals surface area (Å²) >= 11 is 0. The maximum atomic E-state index is 12.0. The summed E-state index contributed by atoms with van der Waals surface area (Å²) in [6.45, 7) is 1.98. The lowest BCUT2D eigenvalue weighted by Crippen LogP contribution is -2.18. The molecule has 1 aromatic carbocycles. The molecule has 0 aromatic heterocycles. The Bertz CT molecular complexity index is 523. The lowest BCUT2D eigenvalue weighted by molar-refractivity contribution is -0.137. The van der Waals surface area contributed by atoms with Crippen LogP contribution in [0.3, 0.4) is 0 Å². The predicted octanol–water partition coefficient (Wildman–Crippen LogP) is 3.08. The fraction of sp³-hybridized carbons (Fsp3) is 0.556. The monoisotopic (exact) mass is 335 g/mol. The standard InChI is InChI=1S/C18H25NO5/c20-17(8-3-14-9-12-23-13-10-14)19-15-4-6-16(7-5-15)24-11-1-2-18(21)22/h4-7,14H,1-3,8-13H2,(H,19,20)(H,21,22). The minimum atomic E-state index is -0.822. The van der Waals surface area contributed by atoms with E-state index in [9.17, 15) is 9.59 Å². The van der Waals surface area contributed by atoms with Crippen molar-refractivity contribution in [1.29, 1.82) is 0 Å². The first-order valence-corrected chi connectivity index (χ1v) is 8.46. The molecule has 1 saturated heterocycles. The van der Waals surface area contributed by atoms with Gasteiger partial charge in [0, 0.05) is 31.7 Å². The highest BCUT2D eigenvalue weighted by atomic mass is 16.5. The van der Waals surface area contributed by atoms with Gasteiger partial charge >= 0.3 is 5.97 Å². The van der Waals surface area contributed by atoms with E-state index in [-0.39, 0.29) is 12.3 Å². The average Bonchev–Trinajstić information content (AvgIpc) is 2.59. The number of ether oxygens (including phenoxy) is 2. The fourth-order valence-electron chi connectivity index (χ4n) is 2.64. The SMILES string of the molecule is O=C(O)CCCOc1ccc(NC(=O)CCC2CCOCC2)cc1. The fourth-order valence-corrected chi connectivity index (χ4v) is 2.64. The largest absolute Gasteiger partial charge is 0.494 e.